The number of aromatic nitrogens is 2. The van der Waals surface area contributed by atoms with Gasteiger partial charge in [0.25, 0.3) is 0 Å². The summed E-state index contributed by atoms with van der Waals surface area (Å²) < 4.78 is 0. The zero-order chi connectivity index (χ0) is 19.7. The minimum atomic E-state index is 0.308. The van der Waals surface area contributed by atoms with Crippen LogP contribution in [0.15, 0.2) is 72.8 Å². The van der Waals surface area contributed by atoms with Crippen LogP contribution < -0.4 is 4.90 Å². The Morgan fingerprint density at radius 3 is 2.04 bits per heavy atom. The van der Waals surface area contributed by atoms with Crippen LogP contribution in [0.5, 0.6) is 0 Å². The van der Waals surface area contributed by atoms with E-state index in [4.69, 9.17) is 9.97 Å². The Morgan fingerprint density at radius 1 is 0.714 bits per heavy atom. The summed E-state index contributed by atoms with van der Waals surface area (Å²) in [5, 5.41) is 1.12. The Balaban J connectivity index is 2.03. The molecule has 3 heteroatoms. The lowest BCUT2D eigenvalue weighted by molar-refractivity contribution is 0.826. The molecule has 0 N–H and O–H groups in total. The van der Waals surface area contributed by atoms with Crippen LogP contribution in [-0.4, -0.2) is 9.97 Å². The van der Waals surface area contributed by atoms with E-state index in [1.165, 1.54) is 11.1 Å². The minimum absolute atomic E-state index is 0.308. The standard InChI is InChI=1S/C25H25N3/c1-17(2)23-21-15-8-9-16-22(21)26-25(27-23)28(20-13-6-5-7-14-20)24-18(3)11-10-12-19(24)4/h5-17H,1-4H3. The summed E-state index contributed by atoms with van der Waals surface area (Å²) >= 11 is 0. The van der Waals surface area contributed by atoms with Crippen LogP contribution in [0.2, 0.25) is 0 Å². The van der Waals surface area contributed by atoms with Gasteiger partial charge in [-0.2, -0.15) is 0 Å². The number of hydrogen-bond acceptors (Lipinski definition) is 3. The highest BCUT2D eigenvalue weighted by molar-refractivity contribution is 5.85. The quantitative estimate of drug-likeness (QED) is 0.395. The van der Waals surface area contributed by atoms with Crippen LogP contribution in [-0.2, 0) is 0 Å². The average molecular weight is 367 g/mol. The zero-order valence-corrected chi connectivity index (χ0v) is 16.8. The molecule has 0 aliphatic carbocycles. The van der Waals surface area contributed by atoms with E-state index in [0.29, 0.717) is 11.9 Å². The van der Waals surface area contributed by atoms with Gasteiger partial charge in [0.05, 0.1) is 16.9 Å². The predicted molar refractivity (Wildman–Crippen MR) is 118 cm³/mol. The van der Waals surface area contributed by atoms with Gasteiger partial charge in [-0.15, -0.1) is 0 Å². The fourth-order valence-corrected chi connectivity index (χ4v) is 3.71. The molecule has 0 saturated heterocycles. The van der Waals surface area contributed by atoms with Crippen molar-refractivity contribution in [3.05, 3.63) is 89.6 Å². The highest BCUT2D eigenvalue weighted by atomic mass is 15.3. The first-order valence-electron chi connectivity index (χ1n) is 9.74. The van der Waals surface area contributed by atoms with Crippen molar-refractivity contribution >= 4 is 28.2 Å². The number of aryl methyl sites for hydroxylation is 2. The summed E-state index contributed by atoms with van der Waals surface area (Å²) in [6.07, 6.45) is 0. The average Bonchev–Trinajstić information content (AvgIpc) is 2.70. The van der Waals surface area contributed by atoms with Gasteiger partial charge in [0.2, 0.25) is 5.95 Å². The summed E-state index contributed by atoms with van der Waals surface area (Å²) in [6.45, 7) is 8.65. The topological polar surface area (TPSA) is 29.0 Å². The number of hydrogen-bond donors (Lipinski definition) is 0. The lowest BCUT2D eigenvalue weighted by Crippen LogP contribution is -2.17. The fraction of sp³-hybridized carbons (Fsp3) is 0.200. The summed E-state index contributed by atoms with van der Waals surface area (Å²) in [5.74, 6) is 1.02. The minimum Gasteiger partial charge on any atom is -0.279 e. The maximum absolute atomic E-state index is 5.05. The van der Waals surface area contributed by atoms with E-state index in [9.17, 15) is 0 Å². The van der Waals surface area contributed by atoms with Gasteiger partial charge < -0.3 is 0 Å². The van der Waals surface area contributed by atoms with Gasteiger partial charge in [0.1, 0.15) is 0 Å². The molecule has 0 unspecified atom stereocenters. The van der Waals surface area contributed by atoms with Crippen molar-refractivity contribution in [1.29, 1.82) is 0 Å². The summed E-state index contributed by atoms with van der Waals surface area (Å²) in [6, 6.07) is 25.0. The van der Waals surface area contributed by atoms with E-state index in [-0.39, 0.29) is 0 Å². The molecule has 0 amide bonds. The third-order valence-corrected chi connectivity index (χ3v) is 5.05. The first-order valence-corrected chi connectivity index (χ1v) is 9.74. The second-order valence-corrected chi connectivity index (χ2v) is 7.49. The van der Waals surface area contributed by atoms with Crippen LogP contribution in [0.4, 0.5) is 17.3 Å². The molecular weight excluding hydrogens is 342 g/mol. The first-order chi connectivity index (χ1) is 13.6. The van der Waals surface area contributed by atoms with Crippen LogP contribution >= 0.6 is 0 Å². The van der Waals surface area contributed by atoms with Crippen LogP contribution in [0.25, 0.3) is 10.9 Å². The SMILES string of the molecule is Cc1cccc(C)c1N(c1ccccc1)c1nc(C(C)C)c2ccccc2n1. The third kappa shape index (κ3) is 3.24. The number of benzene rings is 3. The molecule has 0 spiro atoms. The van der Waals surface area contributed by atoms with E-state index in [1.807, 2.05) is 12.1 Å². The van der Waals surface area contributed by atoms with Gasteiger partial charge in [-0.05, 0) is 49.1 Å². The van der Waals surface area contributed by atoms with Crippen molar-refractivity contribution in [2.45, 2.75) is 33.6 Å². The highest BCUT2D eigenvalue weighted by Crippen LogP contribution is 2.38. The summed E-state index contributed by atoms with van der Waals surface area (Å²) in [5.41, 5.74) is 6.65. The van der Waals surface area contributed by atoms with Crippen molar-refractivity contribution in [3.8, 4) is 0 Å². The monoisotopic (exact) mass is 367 g/mol. The van der Waals surface area contributed by atoms with Gasteiger partial charge in [0.15, 0.2) is 0 Å². The van der Waals surface area contributed by atoms with Crippen LogP contribution in [0.3, 0.4) is 0 Å². The van der Waals surface area contributed by atoms with Crippen molar-refractivity contribution < 1.29 is 0 Å². The largest absolute Gasteiger partial charge is 0.279 e. The molecule has 3 nitrogen and oxygen atoms in total. The molecule has 0 aliphatic heterocycles. The molecule has 0 radical (unpaired) electrons. The first kappa shape index (κ1) is 18.2. The summed E-state index contributed by atoms with van der Waals surface area (Å²) in [7, 11) is 0. The second-order valence-electron chi connectivity index (χ2n) is 7.49. The van der Waals surface area contributed by atoms with Crippen molar-refractivity contribution in [1.82, 2.24) is 9.97 Å². The molecule has 0 saturated carbocycles. The Morgan fingerprint density at radius 2 is 1.36 bits per heavy atom. The number of nitrogens with zero attached hydrogens (tertiary/aromatic N) is 3. The third-order valence-electron chi connectivity index (χ3n) is 5.05. The maximum Gasteiger partial charge on any atom is 0.235 e. The smallest absolute Gasteiger partial charge is 0.235 e. The van der Waals surface area contributed by atoms with Crippen molar-refractivity contribution in [3.63, 3.8) is 0 Å². The van der Waals surface area contributed by atoms with Crippen LogP contribution in [0, 0.1) is 13.8 Å². The lowest BCUT2D eigenvalue weighted by Gasteiger charge is -2.27. The lowest BCUT2D eigenvalue weighted by atomic mass is 10.0. The molecule has 4 rings (SSSR count). The van der Waals surface area contributed by atoms with Crippen molar-refractivity contribution in [2.24, 2.45) is 0 Å². The molecular formula is C25H25N3. The second kappa shape index (κ2) is 7.43. The molecule has 140 valence electrons. The van der Waals surface area contributed by atoms with E-state index < -0.39 is 0 Å². The van der Waals surface area contributed by atoms with Gasteiger partial charge in [-0.25, -0.2) is 9.97 Å². The Kier molecular flexibility index (Phi) is 4.82. The summed E-state index contributed by atoms with van der Waals surface area (Å²) in [4.78, 5) is 12.2. The van der Waals surface area contributed by atoms with Gasteiger partial charge in [0, 0.05) is 11.1 Å². The molecule has 0 aliphatic rings. The zero-order valence-electron chi connectivity index (χ0n) is 16.8. The molecule has 1 aromatic heterocycles. The van der Waals surface area contributed by atoms with E-state index in [0.717, 1.165) is 28.0 Å². The van der Waals surface area contributed by atoms with E-state index >= 15 is 0 Å². The van der Waals surface area contributed by atoms with Gasteiger partial charge in [-0.3, -0.25) is 4.90 Å². The molecule has 0 fully saturated rings. The molecule has 1 heterocycles. The molecule has 0 bridgehead atoms. The fourth-order valence-electron chi connectivity index (χ4n) is 3.71. The predicted octanol–water partition coefficient (Wildman–Crippen LogP) is 6.84. The number of fused-ring (bicyclic) bond motifs is 1. The number of anilines is 3. The Hall–Kier alpha value is -3.20. The molecule has 3 aromatic carbocycles. The van der Waals surface area contributed by atoms with E-state index in [1.54, 1.807) is 0 Å². The maximum atomic E-state index is 5.05. The number of para-hydroxylation sites is 3. The number of rotatable bonds is 4. The van der Waals surface area contributed by atoms with Crippen molar-refractivity contribution in [2.75, 3.05) is 4.90 Å². The normalized spacial score (nSPS) is 11.2. The molecule has 0 atom stereocenters. The van der Waals surface area contributed by atoms with Crippen LogP contribution in [0.1, 0.15) is 36.6 Å². The molecule has 28 heavy (non-hydrogen) atoms. The highest BCUT2D eigenvalue weighted by Gasteiger charge is 2.21. The Bertz CT molecular complexity index is 1100. The molecule has 4 aromatic rings. The van der Waals surface area contributed by atoms with E-state index in [2.05, 4.69) is 93.3 Å². The van der Waals surface area contributed by atoms with Gasteiger partial charge >= 0.3 is 0 Å². The van der Waals surface area contributed by atoms with Gasteiger partial charge in [-0.1, -0.05) is 68.4 Å². The Labute approximate surface area is 166 Å².